The zero-order valence-corrected chi connectivity index (χ0v) is 52.6. The highest BCUT2D eigenvalue weighted by Gasteiger charge is 2.48. The molecule has 9 aromatic carbocycles. The molecule has 0 aliphatic carbocycles. The summed E-state index contributed by atoms with van der Waals surface area (Å²) in [5.74, 6) is 0. The summed E-state index contributed by atoms with van der Waals surface area (Å²) in [6.07, 6.45) is 0. The first kappa shape index (κ1) is 55.0. The third-order valence-electron chi connectivity index (χ3n) is 18.1. The van der Waals surface area contributed by atoms with Gasteiger partial charge in [-0.15, -0.1) is 0 Å². The first-order valence-electron chi connectivity index (χ1n) is 30.4. The monoisotopic (exact) mass is 1100 g/mol. The topological polar surface area (TPSA) is 27.8 Å². The number of rotatable bonds is 6. The van der Waals surface area contributed by atoms with Crippen LogP contribution < -0.4 is 31.3 Å². The van der Waals surface area contributed by atoms with E-state index >= 15 is 0 Å². The maximum atomic E-state index is 7.56. The maximum absolute atomic E-state index is 7.56. The second kappa shape index (κ2) is 19.2. The number of anilines is 9. The van der Waals surface area contributed by atoms with Crippen LogP contribution in [-0.4, -0.2) is 11.3 Å². The van der Waals surface area contributed by atoms with E-state index in [9.17, 15) is 0 Å². The molecule has 422 valence electrons. The molecule has 2 aromatic heterocycles. The molecule has 0 bridgehead atoms. The number of aromatic nitrogens is 1. The lowest BCUT2D eigenvalue weighted by molar-refractivity contribution is 0.589. The first-order chi connectivity index (χ1) is 39.6. The van der Waals surface area contributed by atoms with Crippen molar-refractivity contribution in [3.05, 3.63) is 221 Å². The number of fused-ring (bicyclic) bond motifs is 9. The zero-order chi connectivity index (χ0) is 59.3. The Morgan fingerprint density at radius 1 is 0.369 bits per heavy atom. The fourth-order valence-electron chi connectivity index (χ4n) is 13.4. The van der Waals surface area contributed by atoms with Crippen LogP contribution in [0.4, 0.5) is 51.2 Å². The molecular weight excluding hydrogens is 1020 g/mol. The van der Waals surface area contributed by atoms with Crippen LogP contribution in [0.2, 0.25) is 0 Å². The van der Waals surface area contributed by atoms with Crippen molar-refractivity contribution in [2.45, 2.75) is 145 Å². The highest BCUT2D eigenvalue weighted by Crippen LogP contribution is 2.52. The van der Waals surface area contributed by atoms with Gasteiger partial charge in [-0.1, -0.05) is 195 Å². The van der Waals surface area contributed by atoms with Crippen LogP contribution in [0.1, 0.15) is 143 Å². The maximum Gasteiger partial charge on any atom is 0.297 e. The van der Waals surface area contributed by atoms with E-state index in [2.05, 4.69) is 319 Å². The van der Waals surface area contributed by atoms with Crippen LogP contribution in [0.15, 0.2) is 186 Å². The average molecular weight is 1100 g/mol. The molecule has 6 heteroatoms. The number of nitrogens with zero attached hydrogens (tertiary/aromatic N) is 4. The first-order valence-corrected chi connectivity index (χ1v) is 30.4. The number of hydrogen-bond donors (Lipinski definition) is 0. The number of aryl methyl sites for hydroxylation is 2. The molecule has 4 heterocycles. The van der Waals surface area contributed by atoms with Crippen molar-refractivity contribution in [1.29, 1.82) is 0 Å². The minimum absolute atomic E-state index is 0.0153. The van der Waals surface area contributed by atoms with Crippen LogP contribution in [0, 0.1) is 13.8 Å². The molecule has 0 unspecified atom stereocenters. The lowest BCUT2D eigenvalue weighted by Crippen LogP contribution is -2.61. The molecule has 2 aliphatic rings. The van der Waals surface area contributed by atoms with Gasteiger partial charge in [0.2, 0.25) is 0 Å². The van der Waals surface area contributed by atoms with E-state index in [1.807, 2.05) is 0 Å². The Morgan fingerprint density at radius 3 is 1.50 bits per heavy atom. The predicted molar refractivity (Wildman–Crippen MR) is 362 cm³/mol. The van der Waals surface area contributed by atoms with Gasteiger partial charge in [-0.2, -0.15) is 0 Å². The van der Waals surface area contributed by atoms with Crippen molar-refractivity contribution < 1.29 is 4.42 Å². The van der Waals surface area contributed by atoms with E-state index in [0.717, 1.165) is 62.0 Å². The van der Waals surface area contributed by atoms with E-state index in [-0.39, 0.29) is 33.8 Å². The minimum atomic E-state index is -0.234. The third kappa shape index (κ3) is 9.05. The van der Waals surface area contributed by atoms with Crippen LogP contribution in [0.25, 0.3) is 38.5 Å². The van der Waals surface area contributed by atoms with E-state index in [1.165, 1.54) is 83.2 Å². The lowest BCUT2D eigenvalue weighted by atomic mass is 9.35. The molecular formula is C78H81BN4O. The lowest BCUT2D eigenvalue weighted by Gasteiger charge is -2.44. The SMILES string of the molecule is Cc1cc(C(C)(C)C)cc(C)c1N1c2cc(C(C)(C)C)cc3c2B(c2ccc(N(c4ccc(C(C)(C)C)cc4)c4ccc5c6ccccc6n(-c6ccccc6)c5c4)cc2N3c2ccc(C(C)(C)C)cc2)c2oc3ccc(C(C)(C)C)cc3c21. The van der Waals surface area contributed by atoms with E-state index in [4.69, 9.17) is 4.42 Å². The van der Waals surface area contributed by atoms with Gasteiger partial charge in [0, 0.05) is 61.7 Å². The number of para-hydroxylation sites is 2. The Kier molecular flexibility index (Phi) is 12.5. The van der Waals surface area contributed by atoms with Crippen LogP contribution in [-0.2, 0) is 27.1 Å². The standard InChI is InChI=1S/C78H81BN4O/c1-48-41-53(77(12,13)14)42-49(2)71(48)83-68-45-54(78(15,16)17)44-67-70(68)79(73-72(83)62-43-52(76(9,10)11)31-40-69(62)84-73)63-39-37-59(47-66(63)82(67)57-34-29-51(30-35-57)75(6,7)8)80(56-32-27-50(28-33-56)74(3,4)5)58-36-38-61-60-25-21-22-26-64(60)81(65(61)46-58)55-23-19-18-20-24-55/h18-47H,1-17H3. The second-order valence-corrected chi connectivity index (χ2v) is 29.3. The second-order valence-electron chi connectivity index (χ2n) is 29.3. The molecule has 13 rings (SSSR count). The molecule has 5 nitrogen and oxygen atoms in total. The van der Waals surface area contributed by atoms with Gasteiger partial charge in [0.25, 0.3) is 6.71 Å². The highest BCUT2D eigenvalue weighted by molar-refractivity contribution is 7.00. The van der Waals surface area contributed by atoms with Gasteiger partial charge in [-0.3, -0.25) is 0 Å². The molecule has 0 spiro atoms. The van der Waals surface area contributed by atoms with Gasteiger partial charge in [-0.05, 0) is 182 Å². The Balaban J connectivity index is 1.13. The molecule has 0 N–H and O–H groups in total. The van der Waals surface area contributed by atoms with Gasteiger partial charge in [0.1, 0.15) is 5.58 Å². The van der Waals surface area contributed by atoms with Crippen molar-refractivity contribution in [3.63, 3.8) is 0 Å². The summed E-state index contributed by atoms with van der Waals surface area (Å²) in [5, 5.41) is 3.59. The predicted octanol–water partition coefficient (Wildman–Crippen LogP) is 20.2. The smallest absolute Gasteiger partial charge is 0.297 e. The molecule has 0 radical (unpaired) electrons. The molecule has 0 fully saturated rings. The van der Waals surface area contributed by atoms with Gasteiger partial charge in [0.15, 0.2) is 0 Å². The quantitative estimate of drug-likeness (QED) is 0.155. The summed E-state index contributed by atoms with van der Waals surface area (Å²) in [5.41, 5.74) is 26.6. The number of furan rings is 1. The Morgan fingerprint density at radius 2 is 0.881 bits per heavy atom. The number of benzene rings is 9. The summed E-state index contributed by atoms with van der Waals surface area (Å²) < 4.78 is 9.99. The van der Waals surface area contributed by atoms with Crippen LogP contribution in [0.3, 0.4) is 0 Å². The summed E-state index contributed by atoms with van der Waals surface area (Å²) >= 11 is 0. The molecule has 0 saturated carbocycles. The van der Waals surface area contributed by atoms with Crippen molar-refractivity contribution in [3.8, 4) is 5.69 Å². The Hall–Kier alpha value is -8.22. The fraction of sp³-hybridized carbons (Fsp3) is 0.282. The third-order valence-corrected chi connectivity index (χ3v) is 18.1. The fourth-order valence-corrected chi connectivity index (χ4v) is 13.4. The molecule has 0 saturated heterocycles. The molecule has 11 aromatic rings. The Labute approximate surface area is 499 Å². The minimum Gasteiger partial charge on any atom is -0.468 e. The van der Waals surface area contributed by atoms with Crippen molar-refractivity contribution in [2.24, 2.45) is 0 Å². The summed E-state index contributed by atoms with van der Waals surface area (Å²) in [6.45, 7) is 39.2. The molecule has 0 atom stereocenters. The summed E-state index contributed by atoms with van der Waals surface area (Å²) in [7, 11) is 0. The van der Waals surface area contributed by atoms with E-state index in [1.54, 1.807) is 0 Å². The van der Waals surface area contributed by atoms with E-state index < -0.39 is 0 Å². The van der Waals surface area contributed by atoms with Gasteiger partial charge in [-0.25, -0.2) is 0 Å². The van der Waals surface area contributed by atoms with Gasteiger partial charge >= 0.3 is 0 Å². The largest absolute Gasteiger partial charge is 0.468 e. The van der Waals surface area contributed by atoms with Gasteiger partial charge in [0.05, 0.1) is 28.1 Å². The highest BCUT2D eigenvalue weighted by atomic mass is 16.3. The summed E-state index contributed by atoms with van der Waals surface area (Å²) in [4.78, 5) is 7.67. The van der Waals surface area contributed by atoms with Gasteiger partial charge < -0.3 is 23.7 Å². The van der Waals surface area contributed by atoms with Crippen molar-refractivity contribution in [1.82, 2.24) is 4.57 Å². The zero-order valence-electron chi connectivity index (χ0n) is 52.6. The summed E-state index contributed by atoms with van der Waals surface area (Å²) in [6, 6.07) is 69.4. The van der Waals surface area contributed by atoms with Crippen LogP contribution in [0.5, 0.6) is 0 Å². The average Bonchev–Trinajstić information content (AvgIpc) is 1.89. The Bertz CT molecular complexity index is 4390. The van der Waals surface area contributed by atoms with E-state index in [0.29, 0.717) is 0 Å². The van der Waals surface area contributed by atoms with Crippen LogP contribution >= 0.6 is 0 Å². The molecule has 84 heavy (non-hydrogen) atoms. The molecule has 2 aliphatic heterocycles. The van der Waals surface area contributed by atoms with Crippen molar-refractivity contribution >= 4 is 107 Å². The normalized spacial score (nSPS) is 13.7. The van der Waals surface area contributed by atoms with Crippen molar-refractivity contribution in [2.75, 3.05) is 14.7 Å². The molecule has 0 amide bonds. The number of hydrogen-bond acceptors (Lipinski definition) is 4.